The van der Waals surface area contributed by atoms with E-state index in [1.165, 1.54) is 17.4 Å². The molecule has 36 heavy (non-hydrogen) atoms. The normalized spacial score (nSPS) is 15.3. The van der Waals surface area contributed by atoms with E-state index < -0.39 is 11.7 Å². The van der Waals surface area contributed by atoms with Crippen molar-refractivity contribution in [2.45, 2.75) is 25.9 Å². The van der Waals surface area contributed by atoms with Gasteiger partial charge < -0.3 is 9.47 Å². The van der Waals surface area contributed by atoms with Gasteiger partial charge in [0.15, 0.2) is 16.7 Å². The van der Waals surface area contributed by atoms with E-state index in [1.807, 2.05) is 29.0 Å². The molecule has 0 aliphatic carbocycles. The van der Waals surface area contributed by atoms with E-state index in [-0.39, 0.29) is 23.7 Å². The molecular formula is C25H20FN7O2S. The third-order valence-corrected chi connectivity index (χ3v) is 7.11. The van der Waals surface area contributed by atoms with Crippen molar-refractivity contribution in [1.82, 2.24) is 34.8 Å². The van der Waals surface area contributed by atoms with Crippen molar-refractivity contribution in [2.24, 2.45) is 0 Å². The predicted molar refractivity (Wildman–Crippen MR) is 132 cm³/mol. The van der Waals surface area contributed by atoms with Gasteiger partial charge in [0.2, 0.25) is 0 Å². The average Bonchev–Trinajstić information content (AvgIpc) is 3.57. The summed E-state index contributed by atoms with van der Waals surface area (Å²) in [7, 11) is 0. The molecule has 4 heterocycles. The molecule has 0 saturated heterocycles. The van der Waals surface area contributed by atoms with Crippen molar-refractivity contribution in [3.8, 4) is 10.8 Å². The number of nitrogens with zero attached hydrogens (tertiary/aromatic N) is 6. The first-order valence-corrected chi connectivity index (χ1v) is 12.2. The zero-order chi connectivity index (χ0) is 24.8. The van der Waals surface area contributed by atoms with Crippen molar-refractivity contribution >= 4 is 28.0 Å². The SMILES string of the molecule is C[C@H]1CN(C(=O)c2cc(Cc3n[nH]c(=O)c4ccccc34)ccc2F)Cc2nnc(-c3nccs3)n21. The fraction of sp³-hybridized carbons (Fsp3) is 0.200. The quantitative estimate of drug-likeness (QED) is 0.403. The lowest BCUT2D eigenvalue weighted by atomic mass is 10.0. The number of amides is 1. The maximum absolute atomic E-state index is 14.9. The first kappa shape index (κ1) is 22.2. The average molecular weight is 502 g/mol. The van der Waals surface area contributed by atoms with Crippen LogP contribution in [0.2, 0.25) is 0 Å². The molecule has 1 N–H and O–H groups in total. The maximum atomic E-state index is 14.9. The Morgan fingerprint density at radius 3 is 2.83 bits per heavy atom. The minimum atomic E-state index is -0.591. The Kier molecular flexibility index (Phi) is 5.41. The Morgan fingerprint density at radius 2 is 2.03 bits per heavy atom. The molecule has 0 saturated carbocycles. The summed E-state index contributed by atoms with van der Waals surface area (Å²) in [4.78, 5) is 31.4. The minimum Gasteiger partial charge on any atom is -0.329 e. The van der Waals surface area contributed by atoms with Crippen LogP contribution in [0.25, 0.3) is 21.6 Å². The van der Waals surface area contributed by atoms with E-state index in [0.29, 0.717) is 41.3 Å². The highest BCUT2D eigenvalue weighted by molar-refractivity contribution is 7.13. The molecule has 0 radical (unpaired) electrons. The van der Waals surface area contributed by atoms with Crippen molar-refractivity contribution in [1.29, 1.82) is 0 Å². The monoisotopic (exact) mass is 501 g/mol. The number of carbonyl (C=O) groups excluding carboxylic acids is 1. The van der Waals surface area contributed by atoms with E-state index in [9.17, 15) is 14.0 Å². The second-order valence-electron chi connectivity index (χ2n) is 8.72. The number of H-pyrrole nitrogens is 1. The molecule has 0 fully saturated rings. The van der Waals surface area contributed by atoms with Crippen LogP contribution < -0.4 is 5.56 Å². The van der Waals surface area contributed by atoms with Gasteiger partial charge in [0, 0.05) is 29.9 Å². The van der Waals surface area contributed by atoms with Gasteiger partial charge in [0.1, 0.15) is 5.82 Å². The standard InChI is InChI=1S/C25H20FN7O2S/c1-14-12-32(13-21-29-30-22(33(14)21)24-27-8-9-36-24)25(35)18-10-15(6-7-19(18)26)11-20-16-4-2-3-5-17(16)23(34)31-28-20/h2-10,14H,11-13H2,1H3,(H,31,34)/t14-/m0/s1. The number of thiazole rings is 1. The van der Waals surface area contributed by atoms with Crippen LogP contribution in [0.3, 0.4) is 0 Å². The Bertz CT molecular complexity index is 1660. The van der Waals surface area contributed by atoms with Crippen molar-refractivity contribution in [3.05, 3.63) is 92.9 Å². The van der Waals surface area contributed by atoms with Crippen LogP contribution in [0, 0.1) is 5.82 Å². The first-order chi connectivity index (χ1) is 17.5. The highest BCUT2D eigenvalue weighted by Gasteiger charge is 2.31. The second kappa shape index (κ2) is 8.76. The van der Waals surface area contributed by atoms with Gasteiger partial charge in [0.25, 0.3) is 11.5 Å². The second-order valence-corrected chi connectivity index (χ2v) is 9.61. The molecule has 6 rings (SSSR count). The van der Waals surface area contributed by atoms with Gasteiger partial charge in [-0.3, -0.25) is 9.59 Å². The van der Waals surface area contributed by atoms with Gasteiger partial charge in [-0.1, -0.05) is 24.3 Å². The van der Waals surface area contributed by atoms with E-state index in [1.54, 1.807) is 35.4 Å². The van der Waals surface area contributed by atoms with Gasteiger partial charge >= 0.3 is 0 Å². The molecule has 9 nitrogen and oxygen atoms in total. The molecular weight excluding hydrogens is 481 g/mol. The van der Waals surface area contributed by atoms with Gasteiger partial charge in [-0.15, -0.1) is 21.5 Å². The number of hydrogen-bond acceptors (Lipinski definition) is 7. The summed E-state index contributed by atoms with van der Waals surface area (Å²) >= 11 is 1.48. The fourth-order valence-corrected chi connectivity index (χ4v) is 5.30. The van der Waals surface area contributed by atoms with E-state index in [0.717, 1.165) is 10.4 Å². The van der Waals surface area contributed by atoms with Crippen LogP contribution >= 0.6 is 11.3 Å². The Balaban J connectivity index is 1.29. The van der Waals surface area contributed by atoms with Crippen LogP contribution in [-0.2, 0) is 13.0 Å². The Hall–Kier alpha value is -4.25. The molecule has 11 heteroatoms. The van der Waals surface area contributed by atoms with E-state index in [4.69, 9.17) is 0 Å². The molecule has 2 aromatic carbocycles. The van der Waals surface area contributed by atoms with Crippen molar-refractivity contribution < 1.29 is 9.18 Å². The van der Waals surface area contributed by atoms with Crippen LogP contribution in [-0.4, -0.2) is 47.3 Å². The zero-order valence-corrected chi connectivity index (χ0v) is 20.0. The Morgan fingerprint density at radius 1 is 1.19 bits per heavy atom. The molecule has 1 aliphatic rings. The van der Waals surface area contributed by atoms with E-state index in [2.05, 4.69) is 25.4 Å². The van der Waals surface area contributed by atoms with Gasteiger partial charge in [0.05, 0.1) is 29.2 Å². The van der Waals surface area contributed by atoms with Crippen LogP contribution in [0.1, 0.15) is 40.4 Å². The zero-order valence-electron chi connectivity index (χ0n) is 19.2. The number of aromatic amines is 1. The summed E-state index contributed by atoms with van der Waals surface area (Å²) in [5.74, 6) is 0.304. The summed E-state index contributed by atoms with van der Waals surface area (Å²) in [5.41, 5.74) is 1.07. The lowest BCUT2D eigenvalue weighted by Crippen LogP contribution is -2.40. The number of carbonyl (C=O) groups is 1. The summed E-state index contributed by atoms with van der Waals surface area (Å²) < 4.78 is 16.8. The molecule has 3 aromatic heterocycles. The third-order valence-electron chi connectivity index (χ3n) is 6.34. The first-order valence-electron chi connectivity index (χ1n) is 11.4. The number of aromatic nitrogens is 6. The van der Waals surface area contributed by atoms with Crippen molar-refractivity contribution in [3.63, 3.8) is 0 Å². The molecule has 5 aromatic rings. The molecule has 0 spiro atoms. The number of fused-ring (bicyclic) bond motifs is 2. The predicted octanol–water partition coefficient (Wildman–Crippen LogP) is 3.59. The highest BCUT2D eigenvalue weighted by Crippen LogP contribution is 2.29. The third kappa shape index (κ3) is 3.77. The summed E-state index contributed by atoms with van der Waals surface area (Å²) in [6.45, 7) is 2.58. The summed E-state index contributed by atoms with van der Waals surface area (Å²) in [5, 5.41) is 19.2. The van der Waals surface area contributed by atoms with Gasteiger partial charge in [-0.25, -0.2) is 14.5 Å². The van der Waals surface area contributed by atoms with Crippen LogP contribution in [0.15, 0.2) is 58.8 Å². The molecule has 1 atom stereocenters. The topological polar surface area (TPSA) is 110 Å². The minimum absolute atomic E-state index is 0.0125. The van der Waals surface area contributed by atoms with Crippen LogP contribution in [0.5, 0.6) is 0 Å². The number of halogens is 1. The number of hydrogen-bond donors (Lipinski definition) is 1. The maximum Gasteiger partial charge on any atom is 0.272 e. The lowest BCUT2D eigenvalue weighted by molar-refractivity contribution is 0.0677. The number of nitrogens with one attached hydrogen (secondary N) is 1. The fourth-order valence-electron chi connectivity index (χ4n) is 4.68. The smallest absolute Gasteiger partial charge is 0.272 e. The molecule has 1 amide bonds. The highest BCUT2D eigenvalue weighted by atomic mass is 32.1. The summed E-state index contributed by atoms with van der Waals surface area (Å²) in [6.07, 6.45) is 2.05. The molecule has 1 aliphatic heterocycles. The lowest BCUT2D eigenvalue weighted by Gasteiger charge is -2.32. The summed E-state index contributed by atoms with van der Waals surface area (Å²) in [6, 6.07) is 11.6. The van der Waals surface area contributed by atoms with E-state index >= 15 is 0 Å². The Labute approximate surface area is 208 Å². The molecule has 0 unspecified atom stereocenters. The van der Waals surface area contributed by atoms with Gasteiger partial charge in [-0.05, 0) is 30.7 Å². The number of rotatable bonds is 4. The molecule has 180 valence electrons. The number of benzene rings is 2. The van der Waals surface area contributed by atoms with Crippen molar-refractivity contribution in [2.75, 3.05) is 6.54 Å². The largest absolute Gasteiger partial charge is 0.329 e. The molecule has 0 bridgehead atoms. The van der Waals surface area contributed by atoms with Crippen LogP contribution in [0.4, 0.5) is 4.39 Å². The van der Waals surface area contributed by atoms with Gasteiger partial charge in [-0.2, -0.15) is 5.10 Å².